The molecule has 8 heteroatoms. The van der Waals surface area contributed by atoms with Crippen molar-refractivity contribution >= 4 is 0 Å². The van der Waals surface area contributed by atoms with Crippen molar-refractivity contribution in [3.63, 3.8) is 0 Å². The van der Waals surface area contributed by atoms with Crippen molar-refractivity contribution in [1.82, 2.24) is 5.32 Å². The van der Waals surface area contributed by atoms with Gasteiger partial charge in [-0.25, -0.2) is 0 Å². The van der Waals surface area contributed by atoms with Crippen LogP contribution in [-0.4, -0.2) is 31.5 Å². The van der Waals surface area contributed by atoms with Crippen LogP contribution in [0.3, 0.4) is 0 Å². The quantitative estimate of drug-likeness (QED) is 0.798. The van der Waals surface area contributed by atoms with Gasteiger partial charge in [0.25, 0.3) is 0 Å². The van der Waals surface area contributed by atoms with Crippen molar-refractivity contribution in [3.8, 4) is 5.75 Å². The normalized spacial score (nSPS) is 19.6. The Balaban J connectivity index is 1.80. The highest BCUT2D eigenvalue weighted by molar-refractivity contribution is 5.27. The summed E-state index contributed by atoms with van der Waals surface area (Å²) in [6.45, 7) is 1.76. The third-order valence-corrected chi connectivity index (χ3v) is 3.50. The number of benzene rings is 1. The highest BCUT2D eigenvalue weighted by Gasteiger charge is 2.61. The van der Waals surface area contributed by atoms with Gasteiger partial charge in [-0.05, 0) is 37.1 Å². The molecule has 0 bridgehead atoms. The van der Waals surface area contributed by atoms with E-state index in [0.717, 1.165) is 37.9 Å². The molecule has 23 heavy (non-hydrogen) atoms. The zero-order valence-electron chi connectivity index (χ0n) is 12.3. The first-order valence-corrected chi connectivity index (χ1v) is 7.31. The molecule has 1 aliphatic rings. The molecule has 2 rings (SSSR count). The van der Waals surface area contributed by atoms with Crippen molar-refractivity contribution in [2.45, 2.75) is 44.2 Å². The van der Waals surface area contributed by atoms with Gasteiger partial charge in [-0.1, -0.05) is 18.6 Å². The maximum absolute atomic E-state index is 12.7. The monoisotopic (exact) mass is 339 g/mol. The van der Waals surface area contributed by atoms with Crippen LogP contribution in [0.2, 0.25) is 0 Å². The van der Waals surface area contributed by atoms with Gasteiger partial charge in [0.05, 0.1) is 13.2 Å². The zero-order chi connectivity index (χ0) is 16.9. The van der Waals surface area contributed by atoms with E-state index >= 15 is 0 Å². The molecule has 1 fully saturated rings. The molecule has 1 N–H and O–H groups in total. The average Bonchev–Trinajstić information content (AvgIpc) is 2.49. The van der Waals surface area contributed by atoms with Crippen LogP contribution in [0.5, 0.6) is 5.75 Å². The number of alkyl halides is 5. The van der Waals surface area contributed by atoms with E-state index in [1.54, 1.807) is 0 Å². The largest absolute Gasteiger partial charge is 0.499 e. The van der Waals surface area contributed by atoms with Crippen molar-refractivity contribution in [1.29, 1.82) is 0 Å². The fourth-order valence-electron chi connectivity index (χ4n) is 2.24. The first kappa shape index (κ1) is 17.9. The Bertz CT molecular complexity index is 484. The minimum absolute atomic E-state index is 0.258. The van der Waals surface area contributed by atoms with Crippen molar-refractivity contribution in [3.05, 3.63) is 29.8 Å². The molecular formula is C15H18F5NO2. The van der Waals surface area contributed by atoms with E-state index in [1.807, 2.05) is 0 Å². The summed E-state index contributed by atoms with van der Waals surface area (Å²) in [5.74, 6) is -0.551. The molecule has 130 valence electrons. The summed E-state index contributed by atoms with van der Waals surface area (Å²) in [5.41, 5.74) is 0.670. The van der Waals surface area contributed by atoms with E-state index in [1.165, 1.54) is 12.1 Å². The van der Waals surface area contributed by atoms with Gasteiger partial charge in [-0.2, -0.15) is 22.0 Å². The van der Waals surface area contributed by atoms with Gasteiger partial charge < -0.3 is 14.8 Å². The van der Waals surface area contributed by atoms with Crippen LogP contribution in [-0.2, 0) is 11.3 Å². The first-order chi connectivity index (χ1) is 10.8. The van der Waals surface area contributed by atoms with Crippen LogP contribution < -0.4 is 10.1 Å². The van der Waals surface area contributed by atoms with E-state index in [-0.39, 0.29) is 6.61 Å². The van der Waals surface area contributed by atoms with Gasteiger partial charge in [0.2, 0.25) is 0 Å². The Morgan fingerprint density at radius 3 is 2.30 bits per heavy atom. The number of piperidine rings is 1. The molecular weight excluding hydrogens is 321 g/mol. The molecule has 1 saturated heterocycles. The summed E-state index contributed by atoms with van der Waals surface area (Å²) in [4.78, 5) is 0. The number of hydrogen-bond acceptors (Lipinski definition) is 3. The van der Waals surface area contributed by atoms with E-state index < -0.39 is 18.0 Å². The molecule has 0 spiro atoms. The lowest BCUT2D eigenvalue weighted by molar-refractivity contribution is -0.360. The number of hydrogen-bond donors (Lipinski definition) is 1. The summed E-state index contributed by atoms with van der Waals surface area (Å²) in [5, 5.41) is 3.32. The highest BCUT2D eigenvalue weighted by atomic mass is 19.4. The Labute approximate surface area is 130 Å². The van der Waals surface area contributed by atoms with Crippen LogP contribution in [0.1, 0.15) is 24.8 Å². The van der Waals surface area contributed by atoms with Crippen molar-refractivity contribution in [2.75, 3.05) is 13.2 Å². The summed E-state index contributed by atoms with van der Waals surface area (Å²) < 4.78 is 70.8. The Hall–Kier alpha value is -1.41. The lowest BCUT2D eigenvalue weighted by Gasteiger charge is -2.23. The predicted octanol–water partition coefficient (Wildman–Crippen LogP) is 3.88. The molecule has 1 heterocycles. The van der Waals surface area contributed by atoms with E-state index in [4.69, 9.17) is 4.74 Å². The zero-order valence-corrected chi connectivity index (χ0v) is 12.3. The van der Waals surface area contributed by atoms with Crippen LogP contribution in [0, 0.1) is 0 Å². The number of ether oxygens (including phenoxy) is 2. The molecule has 0 saturated carbocycles. The maximum Gasteiger partial charge on any atom is 0.499 e. The summed E-state index contributed by atoms with van der Waals surface area (Å²) in [7, 11) is 0. The van der Waals surface area contributed by atoms with Crippen molar-refractivity contribution in [2.24, 2.45) is 0 Å². The van der Waals surface area contributed by atoms with Crippen LogP contribution >= 0.6 is 0 Å². The van der Waals surface area contributed by atoms with Crippen LogP contribution in [0.25, 0.3) is 0 Å². The Morgan fingerprint density at radius 2 is 1.74 bits per heavy atom. The predicted molar refractivity (Wildman–Crippen MR) is 73.4 cm³/mol. The molecule has 0 radical (unpaired) electrons. The molecule has 0 amide bonds. The lowest BCUT2D eigenvalue weighted by Crippen LogP contribution is -2.41. The average molecular weight is 339 g/mol. The van der Waals surface area contributed by atoms with Gasteiger partial charge in [0.1, 0.15) is 5.75 Å². The number of rotatable bonds is 6. The van der Waals surface area contributed by atoms with E-state index in [9.17, 15) is 22.0 Å². The van der Waals surface area contributed by atoms with Gasteiger partial charge in [0, 0.05) is 6.04 Å². The second-order valence-corrected chi connectivity index (χ2v) is 5.42. The third-order valence-electron chi connectivity index (χ3n) is 3.50. The minimum atomic E-state index is -5.75. The summed E-state index contributed by atoms with van der Waals surface area (Å²) in [6, 6.07) is 5.23. The van der Waals surface area contributed by atoms with Gasteiger partial charge >= 0.3 is 12.3 Å². The molecule has 1 aromatic carbocycles. The van der Waals surface area contributed by atoms with E-state index in [2.05, 4.69) is 10.1 Å². The minimum Gasteiger partial charge on any atom is -0.426 e. The molecule has 0 aromatic heterocycles. The SMILES string of the molecule is FC(F)(F)C(F)(F)Oc1ccc(COCC2CCCCN2)cc1. The summed E-state index contributed by atoms with van der Waals surface area (Å²) >= 11 is 0. The molecule has 1 unspecified atom stereocenters. The van der Waals surface area contributed by atoms with Gasteiger partial charge in [-0.3, -0.25) is 0 Å². The topological polar surface area (TPSA) is 30.5 Å². The highest BCUT2D eigenvalue weighted by Crippen LogP contribution is 2.37. The van der Waals surface area contributed by atoms with Crippen molar-refractivity contribution < 1.29 is 31.4 Å². The second kappa shape index (κ2) is 7.44. The van der Waals surface area contributed by atoms with Gasteiger partial charge in [-0.15, -0.1) is 0 Å². The second-order valence-electron chi connectivity index (χ2n) is 5.42. The maximum atomic E-state index is 12.7. The smallest absolute Gasteiger partial charge is 0.426 e. The van der Waals surface area contributed by atoms with Crippen LogP contribution in [0.15, 0.2) is 24.3 Å². The number of halogens is 5. The molecule has 1 aliphatic heterocycles. The lowest BCUT2D eigenvalue weighted by atomic mass is 10.1. The third kappa shape index (κ3) is 5.31. The Morgan fingerprint density at radius 1 is 1.04 bits per heavy atom. The number of nitrogens with one attached hydrogen (secondary N) is 1. The fourth-order valence-corrected chi connectivity index (χ4v) is 2.24. The molecule has 1 atom stereocenters. The van der Waals surface area contributed by atoms with Crippen LogP contribution in [0.4, 0.5) is 22.0 Å². The fraction of sp³-hybridized carbons (Fsp3) is 0.600. The van der Waals surface area contributed by atoms with Gasteiger partial charge in [0.15, 0.2) is 0 Å². The molecule has 0 aliphatic carbocycles. The molecule has 1 aromatic rings. The Kier molecular flexibility index (Phi) is 5.80. The molecule has 3 nitrogen and oxygen atoms in total. The standard InChI is InChI=1S/C15H18F5NO2/c16-14(17,18)15(19,20)23-13-6-4-11(5-7-13)9-22-10-12-3-1-2-8-21-12/h4-7,12,21H,1-3,8-10H2. The van der Waals surface area contributed by atoms with E-state index in [0.29, 0.717) is 18.2 Å². The first-order valence-electron chi connectivity index (χ1n) is 7.31. The summed E-state index contributed by atoms with van der Waals surface area (Å²) in [6.07, 6.45) is -7.61.